The van der Waals surface area contributed by atoms with E-state index in [9.17, 15) is 24.6 Å². The van der Waals surface area contributed by atoms with Gasteiger partial charge in [0.15, 0.2) is 16.9 Å². The number of aromatic hydroxyl groups is 2. The molecule has 0 spiro atoms. The molecule has 0 aliphatic heterocycles. The Balaban J connectivity index is 2.41. The molecule has 2 aromatic rings. The molecule has 8 heteroatoms. The van der Waals surface area contributed by atoms with Gasteiger partial charge in [0.2, 0.25) is 11.7 Å². The fraction of sp³-hybridized carbons (Fsp3) is 0.286. The van der Waals surface area contributed by atoms with Crippen molar-refractivity contribution in [3.8, 4) is 28.4 Å². The zero-order valence-electron chi connectivity index (χ0n) is 16.3. The lowest BCUT2D eigenvalue weighted by Crippen LogP contribution is -2.27. The lowest BCUT2D eigenvalue weighted by Gasteiger charge is -2.18. The first kappa shape index (κ1) is 20.2. The molecule has 1 aliphatic carbocycles. The highest BCUT2D eigenvalue weighted by Gasteiger charge is 2.28. The highest BCUT2D eigenvalue weighted by Crippen LogP contribution is 2.49. The number of rotatable bonds is 3. The maximum Gasteiger partial charge on any atom is 0.254 e. The van der Waals surface area contributed by atoms with E-state index in [1.807, 2.05) is 0 Å². The molecule has 2 amide bonds. The molecule has 8 nitrogen and oxygen atoms in total. The van der Waals surface area contributed by atoms with E-state index < -0.39 is 23.1 Å². The number of amides is 2. The summed E-state index contributed by atoms with van der Waals surface area (Å²) in [7, 11) is 2.79. The summed E-state index contributed by atoms with van der Waals surface area (Å²) in [6.07, 6.45) is 0.908. The summed E-state index contributed by atoms with van der Waals surface area (Å²) in [6.45, 7) is 1.38. The van der Waals surface area contributed by atoms with Crippen LogP contribution in [0.15, 0.2) is 29.1 Å². The molecule has 29 heavy (non-hydrogen) atoms. The molecule has 0 saturated heterocycles. The lowest BCUT2D eigenvalue weighted by molar-refractivity contribution is -0.119. The van der Waals surface area contributed by atoms with Crippen LogP contribution in [0.5, 0.6) is 17.2 Å². The number of benzene rings is 1. The smallest absolute Gasteiger partial charge is 0.254 e. The second kappa shape index (κ2) is 7.83. The van der Waals surface area contributed by atoms with Crippen LogP contribution in [0.3, 0.4) is 0 Å². The molecule has 0 radical (unpaired) electrons. The fourth-order valence-electron chi connectivity index (χ4n) is 3.71. The third-order valence-electron chi connectivity index (χ3n) is 5.00. The van der Waals surface area contributed by atoms with Crippen molar-refractivity contribution in [1.29, 1.82) is 0 Å². The third kappa shape index (κ3) is 3.61. The van der Waals surface area contributed by atoms with Crippen LogP contribution in [0, 0.1) is 0 Å². The van der Waals surface area contributed by atoms with E-state index in [1.54, 1.807) is 6.07 Å². The molecule has 152 valence electrons. The Labute approximate surface area is 167 Å². The highest BCUT2D eigenvalue weighted by atomic mass is 16.5. The number of hydrogen-bond donors (Lipinski definition) is 4. The number of carbonyl (C=O) groups is 2. The molecule has 0 fully saturated rings. The van der Waals surface area contributed by atoms with Gasteiger partial charge in [-0.1, -0.05) is 6.07 Å². The van der Waals surface area contributed by atoms with Gasteiger partial charge in [-0.3, -0.25) is 14.4 Å². The first-order valence-corrected chi connectivity index (χ1v) is 9.08. The molecule has 0 saturated carbocycles. The number of phenols is 2. The second-order valence-electron chi connectivity index (χ2n) is 6.81. The van der Waals surface area contributed by atoms with Crippen molar-refractivity contribution >= 4 is 11.8 Å². The van der Waals surface area contributed by atoms with Crippen molar-refractivity contribution in [2.45, 2.75) is 25.8 Å². The van der Waals surface area contributed by atoms with Crippen molar-refractivity contribution in [2.75, 3.05) is 14.2 Å². The largest absolute Gasteiger partial charge is 0.504 e. The minimum Gasteiger partial charge on any atom is -0.504 e. The van der Waals surface area contributed by atoms with Gasteiger partial charge in [-0.15, -0.1) is 0 Å². The summed E-state index contributed by atoms with van der Waals surface area (Å²) < 4.78 is 5.36. The minimum absolute atomic E-state index is 0.0503. The summed E-state index contributed by atoms with van der Waals surface area (Å²) in [5, 5.41) is 25.7. The van der Waals surface area contributed by atoms with Crippen molar-refractivity contribution < 1.29 is 24.5 Å². The highest BCUT2D eigenvalue weighted by molar-refractivity contribution is 5.94. The first-order valence-electron chi connectivity index (χ1n) is 9.08. The van der Waals surface area contributed by atoms with E-state index in [4.69, 9.17) is 4.74 Å². The monoisotopic (exact) mass is 398 g/mol. The van der Waals surface area contributed by atoms with Gasteiger partial charge >= 0.3 is 0 Å². The average molecular weight is 398 g/mol. The minimum atomic E-state index is -0.531. The summed E-state index contributed by atoms with van der Waals surface area (Å²) in [6, 6.07) is 5.28. The third-order valence-corrected chi connectivity index (χ3v) is 5.00. The van der Waals surface area contributed by atoms with Gasteiger partial charge in [0, 0.05) is 19.5 Å². The molecule has 3 rings (SSSR count). The van der Waals surface area contributed by atoms with Crippen LogP contribution in [0.1, 0.15) is 40.9 Å². The number of fused-ring (bicyclic) bond motifs is 3. The molecule has 0 heterocycles. The van der Waals surface area contributed by atoms with Gasteiger partial charge in [0.05, 0.1) is 18.7 Å². The first-order chi connectivity index (χ1) is 13.8. The van der Waals surface area contributed by atoms with Gasteiger partial charge in [0.25, 0.3) is 5.91 Å². The maximum absolute atomic E-state index is 12.7. The van der Waals surface area contributed by atoms with Gasteiger partial charge in [-0.2, -0.15) is 0 Å². The molecular formula is C21H22N2O6. The van der Waals surface area contributed by atoms with Crippen molar-refractivity contribution in [1.82, 2.24) is 10.6 Å². The summed E-state index contributed by atoms with van der Waals surface area (Å²) in [5.41, 5.74) is 1.67. The summed E-state index contributed by atoms with van der Waals surface area (Å²) in [4.78, 5) is 36.6. The molecule has 1 atom stereocenters. The zero-order chi connectivity index (χ0) is 21.3. The van der Waals surface area contributed by atoms with E-state index in [0.717, 1.165) is 0 Å². The van der Waals surface area contributed by atoms with Gasteiger partial charge in [-0.05, 0) is 47.7 Å². The van der Waals surface area contributed by atoms with Crippen LogP contribution < -0.4 is 20.8 Å². The average Bonchev–Trinajstić information content (AvgIpc) is 2.92. The van der Waals surface area contributed by atoms with E-state index >= 15 is 0 Å². The summed E-state index contributed by atoms with van der Waals surface area (Å²) >= 11 is 0. The zero-order valence-corrected chi connectivity index (χ0v) is 16.3. The number of hydrogen-bond acceptors (Lipinski definition) is 6. The Morgan fingerprint density at radius 1 is 1.21 bits per heavy atom. The topological polar surface area (TPSA) is 125 Å². The predicted octanol–water partition coefficient (Wildman–Crippen LogP) is 1.62. The molecule has 0 bridgehead atoms. The van der Waals surface area contributed by atoms with Crippen LogP contribution in [0.25, 0.3) is 11.1 Å². The fourth-order valence-corrected chi connectivity index (χ4v) is 3.71. The predicted molar refractivity (Wildman–Crippen MR) is 106 cm³/mol. The van der Waals surface area contributed by atoms with Crippen molar-refractivity contribution in [2.24, 2.45) is 0 Å². The van der Waals surface area contributed by atoms with Gasteiger partial charge in [0.1, 0.15) is 0 Å². The SMILES string of the molecule is CNC(=O)c1ccc2c(cc1=O)[C@@H](NC(C)=O)CCc1cc(O)c(O)c(OC)c1-2. The van der Waals surface area contributed by atoms with E-state index in [2.05, 4.69) is 10.6 Å². The van der Waals surface area contributed by atoms with Crippen LogP contribution in [-0.4, -0.2) is 36.2 Å². The molecule has 0 aromatic heterocycles. The quantitative estimate of drug-likeness (QED) is 0.582. The molecule has 2 aromatic carbocycles. The number of aryl methyl sites for hydroxylation is 1. The van der Waals surface area contributed by atoms with Crippen molar-refractivity contribution in [3.05, 3.63) is 51.2 Å². The maximum atomic E-state index is 12.7. The van der Waals surface area contributed by atoms with E-state index in [0.29, 0.717) is 35.1 Å². The molecule has 1 aliphatic rings. The standard InChI is InChI=1S/C21H22N2O6/c1-10(24)23-15-7-4-11-8-17(26)19(27)20(29-3)18(11)12-5-6-13(21(28)22-2)16(25)9-14(12)15/h5-6,8-9,15,26-27H,4,7H2,1-3H3,(H,22,28)(H,23,24)/t15-/m0/s1. The number of ether oxygens (including phenoxy) is 1. The van der Waals surface area contributed by atoms with Crippen LogP contribution in [0.2, 0.25) is 0 Å². The Bertz CT molecular complexity index is 1060. The number of carbonyl (C=O) groups excluding carboxylic acids is 2. The number of methoxy groups -OCH3 is 1. The lowest BCUT2D eigenvalue weighted by atomic mass is 9.95. The van der Waals surface area contributed by atoms with Gasteiger partial charge in [-0.25, -0.2) is 0 Å². The Morgan fingerprint density at radius 2 is 1.93 bits per heavy atom. The van der Waals surface area contributed by atoms with Crippen molar-refractivity contribution in [3.63, 3.8) is 0 Å². The van der Waals surface area contributed by atoms with Crippen LogP contribution in [-0.2, 0) is 11.2 Å². The molecular weight excluding hydrogens is 376 g/mol. The normalized spacial score (nSPS) is 14.8. The van der Waals surface area contributed by atoms with Crippen LogP contribution >= 0.6 is 0 Å². The van der Waals surface area contributed by atoms with Crippen LogP contribution in [0.4, 0.5) is 0 Å². The van der Waals surface area contributed by atoms with E-state index in [-0.39, 0.29) is 23.0 Å². The Kier molecular flexibility index (Phi) is 5.45. The Hall–Kier alpha value is -3.55. The summed E-state index contributed by atoms with van der Waals surface area (Å²) in [5.74, 6) is -1.48. The second-order valence-corrected chi connectivity index (χ2v) is 6.81. The number of nitrogens with one attached hydrogen (secondary N) is 2. The molecule has 4 N–H and O–H groups in total. The Morgan fingerprint density at radius 3 is 2.55 bits per heavy atom. The molecule has 0 unspecified atom stereocenters. The van der Waals surface area contributed by atoms with E-state index in [1.165, 1.54) is 39.3 Å². The number of phenolic OH excluding ortho intramolecular Hbond substituents is 2. The van der Waals surface area contributed by atoms with Gasteiger partial charge < -0.3 is 25.6 Å².